The standard InChI is InChI=1S/C27H27FN2O4/c1-2-10-29-11-9-26-22-15-4-6-20(31)23(22)34-24(26)19(7-8-27(26,33)21(29)12-15)30-14-16-3-5-17(28)13-18(16)25(30)32/h2-6,13,19,21,24,31,33H,1,7-12,14H2/t19-,21-,24+,26+,27-/m1/s1. The van der Waals surface area contributed by atoms with Crippen molar-refractivity contribution in [3.8, 4) is 11.5 Å². The Bertz CT molecular complexity index is 1260. The van der Waals surface area contributed by atoms with Gasteiger partial charge in [-0.2, -0.15) is 0 Å². The van der Waals surface area contributed by atoms with Crippen molar-refractivity contribution in [3.63, 3.8) is 0 Å². The molecule has 0 radical (unpaired) electrons. The summed E-state index contributed by atoms with van der Waals surface area (Å²) in [5, 5.41) is 23.2. The van der Waals surface area contributed by atoms with Gasteiger partial charge in [0.25, 0.3) is 5.91 Å². The van der Waals surface area contributed by atoms with Gasteiger partial charge in [0, 0.05) is 30.3 Å². The second-order valence-electron chi connectivity index (χ2n) is 10.5. The highest BCUT2D eigenvalue weighted by molar-refractivity contribution is 5.98. The molecule has 0 unspecified atom stereocenters. The Hall–Kier alpha value is -2.90. The van der Waals surface area contributed by atoms with Crippen LogP contribution in [0.25, 0.3) is 0 Å². The average molecular weight is 463 g/mol. The molecule has 34 heavy (non-hydrogen) atoms. The molecule has 7 heteroatoms. The molecule has 3 heterocycles. The van der Waals surface area contributed by atoms with Crippen molar-refractivity contribution in [3.05, 3.63) is 71.1 Å². The number of aromatic hydroxyl groups is 1. The first kappa shape index (κ1) is 20.5. The van der Waals surface area contributed by atoms with Gasteiger partial charge in [-0.25, -0.2) is 4.39 Å². The highest BCUT2D eigenvalue weighted by Crippen LogP contribution is 2.66. The number of phenols is 1. The van der Waals surface area contributed by atoms with E-state index in [2.05, 4.69) is 11.5 Å². The number of fused-ring (bicyclic) bond motifs is 1. The largest absolute Gasteiger partial charge is 0.504 e. The molecule has 6 nitrogen and oxygen atoms in total. The lowest BCUT2D eigenvalue weighted by atomic mass is 9.48. The number of carbonyl (C=O) groups is 1. The van der Waals surface area contributed by atoms with E-state index in [-0.39, 0.29) is 23.7 Å². The molecule has 5 aliphatic rings. The molecule has 1 saturated carbocycles. The average Bonchev–Trinajstić information content (AvgIpc) is 3.33. The third-order valence-corrected chi connectivity index (χ3v) is 9.21. The number of phenolic OH excluding ortho intramolecular Hbond substituents is 1. The van der Waals surface area contributed by atoms with Gasteiger partial charge in [-0.05, 0) is 61.6 Å². The molecular weight excluding hydrogens is 435 g/mol. The van der Waals surface area contributed by atoms with Crippen molar-refractivity contribution in [2.45, 2.75) is 61.4 Å². The van der Waals surface area contributed by atoms with Crippen molar-refractivity contribution >= 4 is 5.91 Å². The number of ether oxygens (including phenoxy) is 1. The number of hydrogen-bond acceptors (Lipinski definition) is 5. The van der Waals surface area contributed by atoms with Gasteiger partial charge in [-0.3, -0.25) is 9.69 Å². The van der Waals surface area contributed by atoms with Crippen LogP contribution in [0.15, 0.2) is 43.0 Å². The van der Waals surface area contributed by atoms with Gasteiger partial charge in [0.2, 0.25) is 0 Å². The number of carbonyl (C=O) groups excluding carboxylic acids is 1. The summed E-state index contributed by atoms with van der Waals surface area (Å²) in [4.78, 5) is 17.5. The third kappa shape index (κ3) is 2.25. The van der Waals surface area contributed by atoms with Crippen molar-refractivity contribution in [2.75, 3.05) is 13.1 Å². The van der Waals surface area contributed by atoms with Crippen LogP contribution in [-0.4, -0.2) is 62.8 Å². The zero-order valence-corrected chi connectivity index (χ0v) is 18.8. The molecule has 2 N–H and O–H groups in total. The Labute approximate surface area is 197 Å². The summed E-state index contributed by atoms with van der Waals surface area (Å²) >= 11 is 0. The summed E-state index contributed by atoms with van der Waals surface area (Å²) in [6.07, 6.45) is 3.86. The fourth-order valence-electron chi connectivity index (χ4n) is 7.87. The molecular formula is C27H27FN2O4. The number of rotatable bonds is 3. The van der Waals surface area contributed by atoms with Crippen molar-refractivity contribution in [1.82, 2.24) is 9.80 Å². The molecule has 1 amide bonds. The predicted octanol–water partition coefficient (Wildman–Crippen LogP) is 2.90. The SMILES string of the molecule is C=CCN1CC[C@]23c4c5ccc(O)c4O[C@H]2[C@H](N2Cc4ccc(F)cc4C2=O)CC[C@@]3(O)[C@H]1C5. The molecule has 2 bridgehead atoms. The summed E-state index contributed by atoms with van der Waals surface area (Å²) in [5.74, 6) is -0.0801. The lowest BCUT2D eigenvalue weighted by molar-refractivity contribution is -0.196. The van der Waals surface area contributed by atoms with E-state index < -0.39 is 22.9 Å². The highest BCUT2D eigenvalue weighted by atomic mass is 19.1. The minimum absolute atomic E-state index is 0.0775. The van der Waals surface area contributed by atoms with Crippen LogP contribution in [0.5, 0.6) is 11.5 Å². The second-order valence-corrected chi connectivity index (χ2v) is 10.5. The van der Waals surface area contributed by atoms with Gasteiger partial charge in [0.1, 0.15) is 11.9 Å². The Balaban J connectivity index is 1.37. The van der Waals surface area contributed by atoms with Gasteiger partial charge in [-0.1, -0.05) is 18.2 Å². The van der Waals surface area contributed by atoms with Crippen LogP contribution < -0.4 is 4.74 Å². The minimum Gasteiger partial charge on any atom is -0.504 e. The first-order valence-electron chi connectivity index (χ1n) is 12.1. The number of hydrogen-bond donors (Lipinski definition) is 2. The fraction of sp³-hybridized carbons (Fsp3) is 0.444. The molecule has 2 fully saturated rings. The first-order chi connectivity index (χ1) is 16.4. The van der Waals surface area contributed by atoms with Crippen molar-refractivity contribution in [1.29, 1.82) is 0 Å². The van der Waals surface area contributed by atoms with E-state index in [1.807, 2.05) is 12.1 Å². The fourth-order valence-corrected chi connectivity index (χ4v) is 7.87. The van der Waals surface area contributed by atoms with Gasteiger partial charge in [0.15, 0.2) is 11.5 Å². The molecule has 176 valence electrons. The van der Waals surface area contributed by atoms with E-state index in [1.54, 1.807) is 17.0 Å². The quantitative estimate of drug-likeness (QED) is 0.687. The van der Waals surface area contributed by atoms with Crippen LogP contribution in [0.4, 0.5) is 4.39 Å². The van der Waals surface area contributed by atoms with E-state index in [1.165, 1.54) is 12.1 Å². The van der Waals surface area contributed by atoms with Crippen LogP contribution in [-0.2, 0) is 18.4 Å². The summed E-state index contributed by atoms with van der Waals surface area (Å²) < 4.78 is 20.4. The van der Waals surface area contributed by atoms with Crippen molar-refractivity contribution < 1.29 is 24.1 Å². The number of aliphatic hydroxyl groups is 1. The molecule has 3 aliphatic heterocycles. The smallest absolute Gasteiger partial charge is 0.254 e. The van der Waals surface area contributed by atoms with Crippen LogP contribution in [0.2, 0.25) is 0 Å². The summed E-state index contributed by atoms with van der Waals surface area (Å²) in [5.41, 5.74) is 1.49. The number of piperidine rings is 1. The maximum absolute atomic E-state index is 13.9. The second kappa shape index (κ2) is 6.61. The van der Waals surface area contributed by atoms with Crippen molar-refractivity contribution in [2.24, 2.45) is 0 Å². The van der Waals surface area contributed by atoms with Crippen LogP contribution >= 0.6 is 0 Å². The Morgan fingerprint density at radius 2 is 2.06 bits per heavy atom. The maximum atomic E-state index is 13.9. The maximum Gasteiger partial charge on any atom is 0.254 e. The summed E-state index contributed by atoms with van der Waals surface area (Å²) in [7, 11) is 0. The van der Waals surface area contributed by atoms with Gasteiger partial charge in [0.05, 0.1) is 17.1 Å². The lowest BCUT2D eigenvalue weighted by Gasteiger charge is -2.64. The van der Waals surface area contributed by atoms with E-state index in [0.717, 1.165) is 23.2 Å². The number of likely N-dealkylation sites (tertiary alicyclic amines) is 1. The molecule has 5 atom stereocenters. The van der Waals surface area contributed by atoms with Gasteiger partial charge < -0.3 is 19.8 Å². The molecule has 1 spiro atoms. The minimum atomic E-state index is -1.04. The Kier molecular flexibility index (Phi) is 3.98. The molecule has 2 aliphatic carbocycles. The Morgan fingerprint density at radius 3 is 2.88 bits per heavy atom. The van der Waals surface area contributed by atoms with E-state index in [0.29, 0.717) is 50.1 Å². The number of nitrogens with zero attached hydrogens (tertiary/aromatic N) is 2. The highest BCUT2D eigenvalue weighted by Gasteiger charge is 2.73. The lowest BCUT2D eigenvalue weighted by Crippen LogP contribution is -2.78. The molecule has 1 saturated heterocycles. The van der Waals surface area contributed by atoms with E-state index >= 15 is 0 Å². The number of halogens is 1. The van der Waals surface area contributed by atoms with Gasteiger partial charge >= 0.3 is 0 Å². The van der Waals surface area contributed by atoms with Crippen LogP contribution in [0, 0.1) is 5.82 Å². The van der Waals surface area contributed by atoms with Crippen LogP contribution in [0.3, 0.4) is 0 Å². The number of benzene rings is 2. The van der Waals surface area contributed by atoms with E-state index in [4.69, 9.17) is 4.74 Å². The van der Waals surface area contributed by atoms with Crippen LogP contribution in [0.1, 0.15) is 46.3 Å². The Morgan fingerprint density at radius 1 is 1.24 bits per heavy atom. The number of amides is 1. The third-order valence-electron chi connectivity index (χ3n) is 9.21. The summed E-state index contributed by atoms with van der Waals surface area (Å²) in [6.45, 7) is 5.79. The van der Waals surface area contributed by atoms with Gasteiger partial charge in [-0.15, -0.1) is 6.58 Å². The predicted molar refractivity (Wildman–Crippen MR) is 122 cm³/mol. The normalized spacial score (nSPS) is 35.1. The summed E-state index contributed by atoms with van der Waals surface area (Å²) in [6, 6.07) is 7.64. The molecule has 2 aromatic rings. The molecule has 7 rings (SSSR count). The molecule has 2 aromatic carbocycles. The van der Waals surface area contributed by atoms with E-state index in [9.17, 15) is 19.4 Å². The molecule has 0 aromatic heterocycles. The monoisotopic (exact) mass is 462 g/mol. The zero-order valence-electron chi connectivity index (χ0n) is 18.8. The zero-order chi connectivity index (χ0) is 23.4. The first-order valence-corrected chi connectivity index (χ1v) is 12.1. The topological polar surface area (TPSA) is 73.2 Å².